The van der Waals surface area contributed by atoms with E-state index in [2.05, 4.69) is 5.32 Å². The molecule has 1 saturated heterocycles. The monoisotopic (exact) mass is 423 g/mol. The number of nitrogens with one attached hydrogen (secondary N) is 1. The number of anilines is 1. The Bertz CT molecular complexity index is 931. The number of methoxy groups -OCH3 is 1. The van der Waals surface area contributed by atoms with E-state index in [9.17, 15) is 14.4 Å². The number of nitrogens with zero attached hydrogens (tertiary/aromatic N) is 2. The number of ether oxygens (including phenoxy) is 1. The van der Waals surface area contributed by atoms with Gasteiger partial charge in [0.25, 0.3) is 0 Å². The van der Waals surface area contributed by atoms with Gasteiger partial charge in [-0.05, 0) is 31.5 Å². The van der Waals surface area contributed by atoms with Gasteiger partial charge in [-0.25, -0.2) is 0 Å². The van der Waals surface area contributed by atoms with Crippen LogP contribution >= 0.6 is 0 Å². The minimum absolute atomic E-state index is 0.0378. The van der Waals surface area contributed by atoms with Crippen LogP contribution in [0.4, 0.5) is 5.69 Å². The van der Waals surface area contributed by atoms with Crippen LogP contribution in [-0.2, 0) is 14.4 Å². The van der Waals surface area contributed by atoms with Gasteiger partial charge in [0.15, 0.2) is 0 Å². The molecule has 1 aliphatic heterocycles. The molecule has 0 unspecified atom stereocenters. The van der Waals surface area contributed by atoms with Gasteiger partial charge < -0.3 is 19.9 Å². The fourth-order valence-corrected chi connectivity index (χ4v) is 3.90. The molecule has 1 heterocycles. The van der Waals surface area contributed by atoms with E-state index in [1.165, 1.54) is 12.0 Å². The molecule has 0 aromatic heterocycles. The third-order valence-electron chi connectivity index (χ3n) is 5.67. The number of hydrogen-bond donors (Lipinski definition) is 1. The summed E-state index contributed by atoms with van der Waals surface area (Å²) in [5.74, 6) is -0.411. The molecule has 0 saturated carbocycles. The van der Waals surface area contributed by atoms with Gasteiger partial charge in [0, 0.05) is 19.5 Å². The Morgan fingerprint density at radius 2 is 1.84 bits per heavy atom. The Morgan fingerprint density at radius 1 is 1.16 bits per heavy atom. The first kappa shape index (κ1) is 22.3. The maximum Gasteiger partial charge on any atom is 0.244 e. The highest BCUT2D eigenvalue weighted by Gasteiger charge is 2.38. The minimum Gasteiger partial charge on any atom is -0.495 e. The molecule has 2 aromatic carbocycles. The Kier molecular flexibility index (Phi) is 7.28. The molecule has 3 rings (SSSR count). The maximum absolute atomic E-state index is 13.1. The average Bonchev–Trinajstić information content (AvgIpc) is 3.19. The molecule has 1 N–H and O–H groups in total. The van der Waals surface area contributed by atoms with E-state index in [0.717, 1.165) is 5.56 Å². The third kappa shape index (κ3) is 5.23. The molecule has 0 bridgehead atoms. The second kappa shape index (κ2) is 10.1. The first-order valence-corrected chi connectivity index (χ1v) is 10.5. The van der Waals surface area contributed by atoms with Gasteiger partial charge in [-0.2, -0.15) is 0 Å². The fraction of sp³-hybridized carbons (Fsp3) is 0.375. The molecule has 3 amide bonds. The minimum atomic E-state index is -0.447. The van der Waals surface area contributed by atoms with Crippen LogP contribution in [0.3, 0.4) is 0 Å². The lowest BCUT2D eigenvalue weighted by molar-refractivity contribution is -0.138. The summed E-state index contributed by atoms with van der Waals surface area (Å²) in [4.78, 5) is 41.5. The quantitative estimate of drug-likeness (QED) is 0.708. The summed E-state index contributed by atoms with van der Waals surface area (Å²) in [6.07, 6.45) is 0.167. The molecule has 7 heteroatoms. The van der Waals surface area contributed by atoms with Crippen molar-refractivity contribution in [2.75, 3.05) is 32.1 Å². The number of para-hydroxylation sites is 2. The SMILES string of the molecule is CCN(CC(=O)Nc1ccccc1OC)C(=O)[C@@H]1CC(=O)N([C@H](C)c2ccccc2)C1. The van der Waals surface area contributed by atoms with E-state index in [0.29, 0.717) is 24.5 Å². The number of hydrogen-bond acceptors (Lipinski definition) is 4. The molecule has 2 aromatic rings. The predicted octanol–water partition coefficient (Wildman–Crippen LogP) is 3.09. The second-order valence-corrected chi connectivity index (χ2v) is 7.63. The molecule has 0 radical (unpaired) electrons. The predicted molar refractivity (Wildman–Crippen MR) is 119 cm³/mol. The first-order valence-electron chi connectivity index (χ1n) is 10.5. The number of likely N-dealkylation sites (tertiary alicyclic amines) is 1. The number of amides is 3. The highest BCUT2D eigenvalue weighted by atomic mass is 16.5. The van der Waals surface area contributed by atoms with Crippen LogP contribution < -0.4 is 10.1 Å². The van der Waals surface area contributed by atoms with Crippen LogP contribution in [0, 0.1) is 5.92 Å². The average molecular weight is 424 g/mol. The normalized spacial score (nSPS) is 16.7. The highest BCUT2D eigenvalue weighted by Crippen LogP contribution is 2.29. The van der Waals surface area contributed by atoms with Crippen LogP contribution in [0.25, 0.3) is 0 Å². The Balaban J connectivity index is 1.62. The van der Waals surface area contributed by atoms with Crippen molar-refractivity contribution in [1.29, 1.82) is 0 Å². The van der Waals surface area contributed by atoms with E-state index in [-0.39, 0.29) is 36.7 Å². The molecule has 31 heavy (non-hydrogen) atoms. The van der Waals surface area contributed by atoms with Crippen molar-refractivity contribution >= 4 is 23.4 Å². The molecule has 7 nitrogen and oxygen atoms in total. The molecule has 0 aliphatic carbocycles. The molecule has 1 fully saturated rings. The molecular weight excluding hydrogens is 394 g/mol. The Morgan fingerprint density at radius 3 is 2.52 bits per heavy atom. The van der Waals surface area contributed by atoms with Gasteiger partial charge in [-0.3, -0.25) is 14.4 Å². The third-order valence-corrected chi connectivity index (χ3v) is 5.67. The molecule has 2 atom stereocenters. The Hall–Kier alpha value is -3.35. The van der Waals surface area contributed by atoms with Gasteiger partial charge in [0.05, 0.1) is 31.3 Å². The van der Waals surface area contributed by atoms with E-state index in [4.69, 9.17) is 4.74 Å². The maximum atomic E-state index is 13.1. The van der Waals surface area contributed by atoms with Crippen LogP contribution in [-0.4, -0.2) is 54.3 Å². The summed E-state index contributed by atoms with van der Waals surface area (Å²) in [6, 6.07) is 16.8. The van der Waals surface area contributed by atoms with Crippen LogP contribution in [0.5, 0.6) is 5.75 Å². The van der Waals surface area contributed by atoms with E-state index >= 15 is 0 Å². The fourth-order valence-electron chi connectivity index (χ4n) is 3.90. The molecular formula is C24H29N3O4. The number of benzene rings is 2. The second-order valence-electron chi connectivity index (χ2n) is 7.63. The zero-order valence-electron chi connectivity index (χ0n) is 18.2. The van der Waals surface area contributed by atoms with Crippen molar-refractivity contribution in [3.05, 3.63) is 60.2 Å². The highest BCUT2D eigenvalue weighted by molar-refractivity contribution is 5.97. The summed E-state index contributed by atoms with van der Waals surface area (Å²) >= 11 is 0. The van der Waals surface area contributed by atoms with Crippen LogP contribution in [0.2, 0.25) is 0 Å². The van der Waals surface area contributed by atoms with Crippen molar-refractivity contribution in [3.8, 4) is 5.75 Å². The van der Waals surface area contributed by atoms with Crippen molar-refractivity contribution in [2.45, 2.75) is 26.3 Å². The van der Waals surface area contributed by atoms with E-state index < -0.39 is 5.92 Å². The van der Waals surface area contributed by atoms with Crippen LogP contribution in [0.1, 0.15) is 31.9 Å². The Labute approximate surface area is 183 Å². The lowest BCUT2D eigenvalue weighted by Gasteiger charge is -2.27. The van der Waals surface area contributed by atoms with Gasteiger partial charge in [-0.15, -0.1) is 0 Å². The topological polar surface area (TPSA) is 79.0 Å². The zero-order valence-corrected chi connectivity index (χ0v) is 18.2. The van der Waals surface area contributed by atoms with Crippen molar-refractivity contribution in [2.24, 2.45) is 5.92 Å². The number of carbonyl (C=O) groups excluding carboxylic acids is 3. The number of likely N-dealkylation sites (N-methyl/N-ethyl adjacent to an activating group) is 1. The van der Waals surface area contributed by atoms with E-state index in [1.807, 2.05) is 50.2 Å². The van der Waals surface area contributed by atoms with Gasteiger partial charge in [0.2, 0.25) is 17.7 Å². The first-order chi connectivity index (χ1) is 14.9. The van der Waals surface area contributed by atoms with Crippen LogP contribution in [0.15, 0.2) is 54.6 Å². The zero-order chi connectivity index (χ0) is 22.4. The van der Waals surface area contributed by atoms with Gasteiger partial charge in [0.1, 0.15) is 5.75 Å². The smallest absolute Gasteiger partial charge is 0.244 e. The summed E-state index contributed by atoms with van der Waals surface area (Å²) in [5.41, 5.74) is 1.59. The summed E-state index contributed by atoms with van der Waals surface area (Å²) in [7, 11) is 1.53. The standard InChI is InChI=1S/C24H29N3O4/c1-4-26(16-22(28)25-20-12-8-9-13-21(20)31-3)24(30)19-14-23(29)27(15-19)17(2)18-10-6-5-7-11-18/h5-13,17,19H,4,14-16H2,1-3H3,(H,25,28)/t17-,19-/m1/s1. The van der Waals surface area contributed by atoms with Crippen molar-refractivity contribution in [1.82, 2.24) is 9.80 Å². The lowest BCUT2D eigenvalue weighted by Crippen LogP contribution is -2.42. The van der Waals surface area contributed by atoms with Crippen molar-refractivity contribution in [3.63, 3.8) is 0 Å². The van der Waals surface area contributed by atoms with Gasteiger partial charge >= 0.3 is 0 Å². The number of rotatable bonds is 8. The summed E-state index contributed by atoms with van der Waals surface area (Å²) < 4.78 is 5.25. The molecule has 1 aliphatic rings. The summed E-state index contributed by atoms with van der Waals surface area (Å²) in [5, 5.41) is 2.79. The largest absolute Gasteiger partial charge is 0.495 e. The number of carbonyl (C=O) groups is 3. The molecule has 0 spiro atoms. The van der Waals surface area contributed by atoms with E-state index in [1.54, 1.807) is 23.1 Å². The molecule has 164 valence electrons. The van der Waals surface area contributed by atoms with Gasteiger partial charge in [-0.1, -0.05) is 42.5 Å². The van der Waals surface area contributed by atoms with Crippen molar-refractivity contribution < 1.29 is 19.1 Å². The lowest BCUT2D eigenvalue weighted by atomic mass is 10.1. The summed E-state index contributed by atoms with van der Waals surface area (Å²) in [6.45, 7) is 4.47.